The van der Waals surface area contributed by atoms with Crippen LogP contribution in [0.2, 0.25) is 0 Å². The van der Waals surface area contributed by atoms with E-state index in [1.54, 1.807) is 0 Å². The Balaban J connectivity index is 1.60. The molecule has 27 heavy (non-hydrogen) atoms. The molecule has 2 saturated heterocycles. The van der Waals surface area contributed by atoms with Gasteiger partial charge in [-0.2, -0.15) is 0 Å². The molecule has 3 aliphatic rings. The normalized spacial score (nSPS) is 37.7. The fourth-order valence-corrected chi connectivity index (χ4v) is 5.87. The maximum Gasteiger partial charge on any atom is 0.320 e. The first-order valence-corrected chi connectivity index (χ1v) is 11.4. The maximum atomic E-state index is 11.6. The summed E-state index contributed by atoms with van der Waals surface area (Å²) in [6.07, 6.45) is 4.90. The molecule has 1 aliphatic carbocycles. The van der Waals surface area contributed by atoms with Crippen LogP contribution >= 0.6 is 0 Å². The summed E-state index contributed by atoms with van der Waals surface area (Å²) in [7, 11) is -3.38. The number of fused-ring (bicyclic) bond motifs is 1. The van der Waals surface area contributed by atoms with Gasteiger partial charge in [0.05, 0.1) is 6.26 Å². The lowest BCUT2D eigenvalue weighted by Gasteiger charge is -2.42. The number of hydrogen-bond donors (Lipinski definition) is 4. The fraction of sp³-hybridized carbons (Fsp3) is 0.882. The van der Waals surface area contributed by atoms with E-state index in [4.69, 9.17) is 0 Å². The molecule has 0 aromatic carbocycles. The lowest BCUT2D eigenvalue weighted by Crippen LogP contribution is -2.50. The molecule has 0 radical (unpaired) electrons. The van der Waals surface area contributed by atoms with E-state index in [0.717, 1.165) is 32.1 Å². The lowest BCUT2D eigenvalue weighted by molar-refractivity contribution is -0.143. The van der Waals surface area contributed by atoms with Gasteiger partial charge >= 0.3 is 11.9 Å². The molecule has 0 spiro atoms. The number of rotatable bonds is 6. The third-order valence-electron chi connectivity index (χ3n) is 6.27. The summed E-state index contributed by atoms with van der Waals surface area (Å²) in [5.74, 6) is -0.574. The van der Waals surface area contributed by atoms with Gasteiger partial charge < -0.3 is 15.5 Å². The molecule has 6 atom stereocenters. The number of piperidine rings is 1. The molecule has 2 heterocycles. The van der Waals surface area contributed by atoms with Gasteiger partial charge in [0.15, 0.2) is 0 Å². The van der Waals surface area contributed by atoms with Gasteiger partial charge in [-0.25, -0.2) is 13.1 Å². The van der Waals surface area contributed by atoms with Crippen LogP contribution in [0.15, 0.2) is 0 Å². The number of aliphatic carboxylic acids is 2. The highest BCUT2D eigenvalue weighted by Crippen LogP contribution is 2.39. The van der Waals surface area contributed by atoms with E-state index < -0.39 is 34.0 Å². The first-order valence-electron chi connectivity index (χ1n) is 9.52. The van der Waals surface area contributed by atoms with E-state index in [1.807, 2.05) is 4.90 Å². The number of carbonyl (C=O) groups is 2. The van der Waals surface area contributed by atoms with Crippen molar-refractivity contribution >= 4 is 22.0 Å². The molecular formula is C17H29N3O6S. The molecule has 154 valence electrons. The van der Waals surface area contributed by atoms with E-state index in [1.165, 1.54) is 0 Å². The van der Waals surface area contributed by atoms with Crippen LogP contribution in [0.3, 0.4) is 0 Å². The highest BCUT2D eigenvalue weighted by atomic mass is 32.2. The SMILES string of the molecule is CS(=O)(=O)N[C@H]1C[C@@H](C(=O)O)N(CC2CC[C@H]3CNC(C(=O)O)CC3C2)C1. The van der Waals surface area contributed by atoms with Gasteiger partial charge in [-0.05, 0) is 56.4 Å². The smallest absolute Gasteiger partial charge is 0.320 e. The molecule has 3 fully saturated rings. The molecule has 0 aromatic rings. The van der Waals surface area contributed by atoms with Crippen LogP contribution < -0.4 is 10.0 Å². The van der Waals surface area contributed by atoms with Crippen molar-refractivity contribution in [3.8, 4) is 0 Å². The fourth-order valence-electron chi connectivity index (χ4n) is 5.10. The van der Waals surface area contributed by atoms with E-state index in [9.17, 15) is 28.2 Å². The van der Waals surface area contributed by atoms with Crippen LogP contribution in [0, 0.1) is 17.8 Å². The number of hydrogen-bond acceptors (Lipinski definition) is 6. The quantitative estimate of drug-likeness (QED) is 0.468. The van der Waals surface area contributed by atoms with Crippen LogP contribution in [0.25, 0.3) is 0 Å². The van der Waals surface area contributed by atoms with Crippen LogP contribution in [-0.2, 0) is 19.6 Å². The van der Waals surface area contributed by atoms with Crippen molar-refractivity contribution in [2.45, 2.75) is 50.2 Å². The Morgan fingerprint density at radius 3 is 2.48 bits per heavy atom. The number of nitrogens with zero attached hydrogens (tertiary/aromatic N) is 1. The van der Waals surface area contributed by atoms with E-state index in [2.05, 4.69) is 10.0 Å². The third kappa shape index (κ3) is 5.18. The summed E-state index contributed by atoms with van der Waals surface area (Å²) in [4.78, 5) is 24.8. The van der Waals surface area contributed by atoms with E-state index in [-0.39, 0.29) is 12.5 Å². The van der Waals surface area contributed by atoms with Crippen LogP contribution in [0.4, 0.5) is 0 Å². The van der Waals surface area contributed by atoms with Crippen molar-refractivity contribution in [2.75, 3.05) is 25.9 Å². The zero-order chi connectivity index (χ0) is 19.8. The van der Waals surface area contributed by atoms with Crippen LogP contribution in [0.5, 0.6) is 0 Å². The average Bonchev–Trinajstić information content (AvgIpc) is 2.94. The van der Waals surface area contributed by atoms with E-state index in [0.29, 0.717) is 37.3 Å². The Hall–Kier alpha value is -1.23. The Morgan fingerprint density at radius 1 is 1.11 bits per heavy atom. The second-order valence-corrected chi connectivity index (χ2v) is 10.1. The summed E-state index contributed by atoms with van der Waals surface area (Å²) < 4.78 is 25.5. The Bertz CT molecular complexity index is 684. The molecule has 4 N–H and O–H groups in total. The van der Waals surface area contributed by atoms with Crippen molar-refractivity contribution in [1.82, 2.24) is 14.9 Å². The molecule has 3 rings (SSSR count). The predicted molar refractivity (Wildman–Crippen MR) is 97.7 cm³/mol. The highest BCUT2D eigenvalue weighted by molar-refractivity contribution is 7.88. The molecule has 1 saturated carbocycles. The molecule has 9 nitrogen and oxygen atoms in total. The Kier molecular flexibility index (Phi) is 6.09. The van der Waals surface area contributed by atoms with Gasteiger partial charge in [0, 0.05) is 19.1 Å². The molecule has 2 aliphatic heterocycles. The second-order valence-electron chi connectivity index (χ2n) is 8.36. The lowest BCUT2D eigenvalue weighted by atomic mass is 9.69. The summed E-state index contributed by atoms with van der Waals surface area (Å²) in [5, 5.41) is 21.9. The minimum absolute atomic E-state index is 0.270. The predicted octanol–water partition coefficient (Wildman–Crippen LogP) is -0.458. The summed E-state index contributed by atoms with van der Waals surface area (Å²) >= 11 is 0. The van der Waals surface area contributed by atoms with Crippen molar-refractivity contribution in [2.24, 2.45) is 17.8 Å². The minimum atomic E-state index is -3.38. The van der Waals surface area contributed by atoms with E-state index >= 15 is 0 Å². The average molecular weight is 404 g/mol. The van der Waals surface area contributed by atoms with Crippen molar-refractivity contribution < 1.29 is 28.2 Å². The molecule has 0 aromatic heterocycles. The zero-order valence-corrected chi connectivity index (χ0v) is 16.3. The Morgan fingerprint density at radius 2 is 1.85 bits per heavy atom. The summed E-state index contributed by atoms with van der Waals surface area (Å²) in [6.45, 7) is 1.75. The molecule has 10 heteroatoms. The van der Waals surface area contributed by atoms with Gasteiger partial charge in [-0.3, -0.25) is 14.5 Å². The number of nitrogens with one attached hydrogen (secondary N) is 2. The second kappa shape index (κ2) is 8.02. The monoisotopic (exact) mass is 403 g/mol. The first kappa shape index (κ1) is 20.5. The third-order valence-corrected chi connectivity index (χ3v) is 7.03. The number of sulfonamides is 1. The number of likely N-dealkylation sites (tertiary alicyclic amines) is 1. The largest absolute Gasteiger partial charge is 0.480 e. The van der Waals surface area contributed by atoms with Crippen molar-refractivity contribution in [1.29, 1.82) is 0 Å². The standard InChI is InChI=1S/C17H29N3O6S/c1-27(25,26)19-13-6-15(17(23)24)20(9-13)8-10-2-3-11-7-18-14(16(21)22)5-12(11)4-10/h10-15,18-19H,2-9H2,1H3,(H,21,22)(H,23,24)/t10?,11-,12?,13-,14?,15-/m0/s1. The molecule has 3 unspecified atom stereocenters. The van der Waals surface area contributed by atoms with Gasteiger partial charge in [-0.1, -0.05) is 0 Å². The van der Waals surface area contributed by atoms with Crippen molar-refractivity contribution in [3.63, 3.8) is 0 Å². The van der Waals surface area contributed by atoms with Crippen LogP contribution in [0.1, 0.15) is 32.1 Å². The highest BCUT2D eigenvalue weighted by Gasteiger charge is 2.42. The van der Waals surface area contributed by atoms with Crippen LogP contribution in [-0.4, -0.2) is 79.5 Å². The van der Waals surface area contributed by atoms with Gasteiger partial charge in [-0.15, -0.1) is 0 Å². The number of carboxylic acids is 2. The maximum absolute atomic E-state index is 11.6. The van der Waals surface area contributed by atoms with Crippen molar-refractivity contribution in [3.05, 3.63) is 0 Å². The minimum Gasteiger partial charge on any atom is -0.480 e. The zero-order valence-electron chi connectivity index (χ0n) is 15.5. The molecule has 0 bridgehead atoms. The molecule has 0 amide bonds. The van der Waals surface area contributed by atoms with Gasteiger partial charge in [0.25, 0.3) is 0 Å². The summed E-state index contributed by atoms with van der Waals surface area (Å²) in [6, 6.07) is -1.55. The van der Waals surface area contributed by atoms with Gasteiger partial charge in [0.2, 0.25) is 10.0 Å². The summed E-state index contributed by atoms with van der Waals surface area (Å²) in [5.41, 5.74) is 0. The molecular weight excluding hydrogens is 374 g/mol. The topological polar surface area (TPSA) is 136 Å². The number of carboxylic acid groups (broad SMARTS) is 2. The first-order chi connectivity index (χ1) is 12.6. The Labute approximate surface area is 159 Å². The van der Waals surface area contributed by atoms with Gasteiger partial charge in [0.1, 0.15) is 12.1 Å².